The topological polar surface area (TPSA) is 93.0 Å². The molecule has 2 aromatic rings. The van der Waals surface area contributed by atoms with E-state index in [0.717, 1.165) is 5.56 Å². The van der Waals surface area contributed by atoms with Gasteiger partial charge in [-0.1, -0.05) is 35.0 Å². The van der Waals surface area contributed by atoms with Crippen LogP contribution in [0.15, 0.2) is 39.6 Å². The Morgan fingerprint density at radius 1 is 1.38 bits per heavy atom. The zero-order valence-electron chi connectivity index (χ0n) is 8.34. The molecule has 0 aliphatic rings. The van der Waals surface area contributed by atoms with Crippen molar-refractivity contribution in [1.82, 2.24) is 5.27 Å². The number of carbonyl (C=O) groups is 1. The summed E-state index contributed by atoms with van der Waals surface area (Å²) in [6.45, 7) is 0.324. The van der Waals surface area contributed by atoms with E-state index in [9.17, 15) is 9.59 Å². The molecule has 0 unspecified atom stereocenters. The van der Waals surface area contributed by atoms with Crippen molar-refractivity contribution in [3.05, 3.63) is 52.0 Å². The molecule has 3 N–H and O–H groups in total. The number of hydrogen-bond acceptors (Lipinski definition) is 3. The van der Waals surface area contributed by atoms with Crippen molar-refractivity contribution in [3.63, 3.8) is 0 Å². The molecule has 1 aromatic heterocycles. The van der Waals surface area contributed by atoms with E-state index in [1.807, 2.05) is 30.3 Å². The predicted octanol–water partition coefficient (Wildman–Crippen LogP) is -0.597. The molecular weight excluding hydrogens is 210 g/mol. The van der Waals surface area contributed by atoms with E-state index in [2.05, 4.69) is 9.79 Å². The van der Waals surface area contributed by atoms with Gasteiger partial charge in [0.2, 0.25) is 6.54 Å². The maximum atomic E-state index is 11.2. The number of aromatic nitrogens is 2. The number of nitrogens with zero attached hydrogens (tertiary/aromatic N) is 1. The largest absolute Gasteiger partial charge is 0.440 e. The first-order valence-corrected chi connectivity index (χ1v) is 4.63. The fourth-order valence-corrected chi connectivity index (χ4v) is 1.41. The highest BCUT2D eigenvalue weighted by atomic mass is 16.5. The lowest BCUT2D eigenvalue weighted by atomic mass is 10.2. The Hall–Kier alpha value is -2.37. The van der Waals surface area contributed by atoms with Crippen LogP contribution in [0.1, 0.15) is 16.1 Å². The van der Waals surface area contributed by atoms with Crippen LogP contribution in [0.2, 0.25) is 0 Å². The molecule has 6 heteroatoms. The molecular formula is C10H10N3O3+. The van der Waals surface area contributed by atoms with E-state index < -0.39 is 11.5 Å². The summed E-state index contributed by atoms with van der Waals surface area (Å²) in [5.41, 5.74) is 5.05. The van der Waals surface area contributed by atoms with Crippen molar-refractivity contribution in [2.75, 3.05) is 0 Å². The van der Waals surface area contributed by atoms with Crippen LogP contribution in [0.5, 0.6) is 0 Å². The number of hydrogen-bond donors (Lipinski definition) is 2. The highest BCUT2D eigenvalue weighted by Crippen LogP contribution is 1.97. The second kappa shape index (κ2) is 4.01. The molecule has 0 aliphatic heterocycles. The lowest BCUT2D eigenvalue weighted by Gasteiger charge is -1.93. The van der Waals surface area contributed by atoms with Crippen LogP contribution >= 0.6 is 0 Å². The highest BCUT2D eigenvalue weighted by molar-refractivity contribution is 5.88. The molecule has 0 spiro atoms. The molecule has 0 saturated carbocycles. The molecule has 16 heavy (non-hydrogen) atoms. The van der Waals surface area contributed by atoms with Crippen LogP contribution in [0, 0.1) is 0 Å². The van der Waals surface area contributed by atoms with Crippen LogP contribution in [0.25, 0.3) is 0 Å². The number of benzene rings is 1. The molecule has 82 valence electrons. The van der Waals surface area contributed by atoms with E-state index in [-0.39, 0.29) is 5.69 Å². The van der Waals surface area contributed by atoms with E-state index in [0.29, 0.717) is 6.54 Å². The highest BCUT2D eigenvalue weighted by Gasteiger charge is 2.26. The number of nitrogens with two attached hydrogens (primary N) is 1. The van der Waals surface area contributed by atoms with Gasteiger partial charge in [-0.2, -0.15) is 0 Å². The molecule has 0 aliphatic carbocycles. The van der Waals surface area contributed by atoms with Gasteiger partial charge < -0.3 is 5.73 Å². The second-order valence-electron chi connectivity index (χ2n) is 3.27. The summed E-state index contributed by atoms with van der Waals surface area (Å²) in [6.07, 6.45) is 0. The first-order valence-electron chi connectivity index (χ1n) is 4.63. The zero-order chi connectivity index (χ0) is 11.5. The van der Waals surface area contributed by atoms with Crippen LogP contribution in [-0.4, -0.2) is 11.2 Å². The predicted molar refractivity (Wildman–Crippen MR) is 53.6 cm³/mol. The van der Waals surface area contributed by atoms with Gasteiger partial charge >= 0.3 is 17.2 Å². The first-order chi connectivity index (χ1) is 7.68. The Labute approximate surface area is 90.2 Å². The third kappa shape index (κ3) is 1.85. The van der Waals surface area contributed by atoms with Crippen molar-refractivity contribution < 1.29 is 14.0 Å². The Bertz CT molecular complexity index is 556. The smallest absolute Gasteiger partial charge is 0.360 e. The van der Waals surface area contributed by atoms with Crippen molar-refractivity contribution in [2.45, 2.75) is 6.54 Å². The Balaban J connectivity index is 2.36. The average molecular weight is 220 g/mol. The van der Waals surface area contributed by atoms with Crippen molar-refractivity contribution >= 4 is 5.91 Å². The number of H-pyrrole nitrogens is 1. The monoisotopic (exact) mass is 220 g/mol. The summed E-state index contributed by atoms with van der Waals surface area (Å²) in [5, 5.41) is 2.33. The van der Waals surface area contributed by atoms with Gasteiger partial charge in [0, 0.05) is 5.56 Å². The average Bonchev–Trinajstić information content (AvgIpc) is 2.61. The molecule has 0 atom stereocenters. The van der Waals surface area contributed by atoms with Crippen LogP contribution in [0.3, 0.4) is 0 Å². The Kier molecular flexibility index (Phi) is 2.55. The summed E-state index contributed by atoms with van der Waals surface area (Å²) in [7, 11) is 0. The fourth-order valence-electron chi connectivity index (χ4n) is 1.41. The summed E-state index contributed by atoms with van der Waals surface area (Å²) >= 11 is 0. The van der Waals surface area contributed by atoms with E-state index in [4.69, 9.17) is 5.73 Å². The number of primary amides is 1. The summed E-state index contributed by atoms with van der Waals surface area (Å²) in [6, 6.07) is 9.32. The third-order valence-electron chi connectivity index (χ3n) is 2.13. The normalized spacial score (nSPS) is 10.2. The molecule has 0 radical (unpaired) electrons. The van der Waals surface area contributed by atoms with Crippen LogP contribution < -0.4 is 16.0 Å². The summed E-state index contributed by atoms with van der Waals surface area (Å²) < 4.78 is 5.79. The zero-order valence-corrected chi connectivity index (χ0v) is 8.34. The van der Waals surface area contributed by atoms with E-state index in [1.165, 1.54) is 4.68 Å². The molecule has 0 saturated heterocycles. The van der Waals surface area contributed by atoms with E-state index >= 15 is 0 Å². The number of carbonyl (C=O) groups excluding carboxylic acids is 1. The third-order valence-corrected chi connectivity index (χ3v) is 2.13. The first kappa shape index (κ1) is 10.2. The number of rotatable bonds is 3. The van der Waals surface area contributed by atoms with Gasteiger partial charge in [0.15, 0.2) is 0 Å². The van der Waals surface area contributed by atoms with Gasteiger partial charge in [-0.3, -0.25) is 9.32 Å². The maximum absolute atomic E-state index is 11.2. The fraction of sp³-hybridized carbons (Fsp3) is 0.100. The Morgan fingerprint density at radius 3 is 2.69 bits per heavy atom. The van der Waals surface area contributed by atoms with Crippen LogP contribution in [-0.2, 0) is 6.54 Å². The van der Waals surface area contributed by atoms with Crippen molar-refractivity contribution in [1.29, 1.82) is 0 Å². The number of amides is 1. The molecule has 0 fully saturated rings. The SMILES string of the molecule is NC(=O)c1c(=O)o[nH][n+]1Cc1ccccc1. The summed E-state index contributed by atoms with van der Waals surface area (Å²) in [5.74, 6) is -0.814. The lowest BCUT2D eigenvalue weighted by Crippen LogP contribution is -2.45. The minimum atomic E-state index is -0.814. The lowest BCUT2D eigenvalue weighted by molar-refractivity contribution is -0.756. The number of nitrogens with one attached hydrogen (secondary N) is 1. The van der Waals surface area contributed by atoms with Crippen LogP contribution in [0.4, 0.5) is 0 Å². The maximum Gasteiger partial charge on any atom is 0.440 e. The van der Waals surface area contributed by atoms with E-state index in [1.54, 1.807) is 0 Å². The van der Waals surface area contributed by atoms with Gasteiger partial charge in [0.25, 0.3) is 0 Å². The molecule has 1 amide bonds. The van der Waals surface area contributed by atoms with Gasteiger partial charge in [-0.15, -0.1) is 0 Å². The second-order valence-corrected chi connectivity index (χ2v) is 3.27. The molecule has 2 rings (SSSR count). The summed E-state index contributed by atoms with van der Waals surface area (Å²) in [4.78, 5) is 22.2. The molecule has 1 aromatic carbocycles. The van der Waals surface area contributed by atoms with Gasteiger partial charge in [-0.25, -0.2) is 4.79 Å². The molecule has 6 nitrogen and oxygen atoms in total. The minimum Gasteiger partial charge on any atom is -0.360 e. The Morgan fingerprint density at radius 2 is 2.06 bits per heavy atom. The molecule has 1 heterocycles. The van der Waals surface area contributed by atoms with Crippen molar-refractivity contribution in [3.8, 4) is 0 Å². The standard InChI is InChI=1S/C10H9N3O3/c11-9(14)8-10(15)16-12-13(8)6-7-4-2-1-3-5-7/h1-5H,6H2,(H2-,11,12,14,15)/p+1. The van der Waals surface area contributed by atoms with Gasteiger partial charge in [-0.05, 0) is 5.27 Å². The van der Waals surface area contributed by atoms with Gasteiger partial charge in [0.1, 0.15) is 0 Å². The quantitative estimate of drug-likeness (QED) is 0.676. The van der Waals surface area contributed by atoms with Gasteiger partial charge in [0.05, 0.1) is 0 Å². The minimum absolute atomic E-state index is 0.191. The number of aromatic amines is 1. The van der Waals surface area contributed by atoms with Crippen molar-refractivity contribution in [2.24, 2.45) is 5.73 Å². The molecule has 0 bridgehead atoms.